The number of carbonyl (C=O) groups excluding carboxylic acids is 2. The molecule has 0 aromatic rings. The van der Waals surface area contributed by atoms with Crippen LogP contribution in [0.3, 0.4) is 0 Å². The minimum absolute atomic E-state index is 0.0595. The highest BCUT2D eigenvalue weighted by Gasteiger charge is 2.21. The second kappa shape index (κ2) is 37.7. The highest BCUT2D eigenvalue weighted by molar-refractivity contribution is 7.45. The number of likely N-dealkylation sites (N-methyl/N-ethyl adjacent to an activating group) is 1. The third-order valence-electron chi connectivity index (χ3n) is 8.81. The summed E-state index contributed by atoms with van der Waals surface area (Å²) in [6.45, 7) is 3.89. The Morgan fingerprint density at radius 1 is 0.667 bits per heavy atom. The topological polar surface area (TPSA) is 131 Å². The number of hydrogen-bond donors (Lipinski definition) is 1. The first-order valence-corrected chi connectivity index (χ1v) is 23.2. The van der Waals surface area contributed by atoms with Gasteiger partial charge in [0.25, 0.3) is 7.82 Å². The SMILES string of the molecule is CC/C=C/C/C=C/C=C/C(O)CCCCCCCC(=O)OC[C@H](COP(=O)([O-])OCC[N+](C)(C)C)OC(=O)CCC/C=C\C/C=C\C/C=C\CCCCCCCC. The molecular weight excluding hydrogens is 741 g/mol. The normalized spacial score (nSPS) is 14.9. The minimum Gasteiger partial charge on any atom is -0.756 e. The smallest absolute Gasteiger partial charge is 0.306 e. The molecule has 0 radical (unpaired) electrons. The van der Waals surface area contributed by atoms with Crippen LogP contribution in [0.25, 0.3) is 0 Å². The summed E-state index contributed by atoms with van der Waals surface area (Å²) in [5.41, 5.74) is 0. The van der Waals surface area contributed by atoms with Crippen LogP contribution in [0.4, 0.5) is 0 Å². The Morgan fingerprint density at radius 3 is 1.93 bits per heavy atom. The van der Waals surface area contributed by atoms with Gasteiger partial charge in [-0.1, -0.05) is 145 Å². The molecule has 2 unspecified atom stereocenters. The van der Waals surface area contributed by atoms with Gasteiger partial charge in [0.15, 0.2) is 6.10 Å². The zero-order valence-electron chi connectivity index (χ0n) is 36.4. The summed E-state index contributed by atoms with van der Waals surface area (Å²) in [6.07, 6.45) is 42.5. The van der Waals surface area contributed by atoms with Gasteiger partial charge in [-0.05, 0) is 64.2 Å². The van der Waals surface area contributed by atoms with Crippen molar-refractivity contribution in [3.8, 4) is 0 Å². The Labute approximate surface area is 347 Å². The average Bonchev–Trinajstić information content (AvgIpc) is 3.15. The van der Waals surface area contributed by atoms with Gasteiger partial charge in [-0.25, -0.2) is 0 Å². The number of allylic oxidation sites excluding steroid dienone is 11. The van der Waals surface area contributed by atoms with E-state index in [1.807, 2.05) is 39.4 Å². The second-order valence-corrected chi connectivity index (χ2v) is 16.9. The van der Waals surface area contributed by atoms with Crippen LogP contribution < -0.4 is 4.89 Å². The Balaban J connectivity index is 4.55. The van der Waals surface area contributed by atoms with Gasteiger partial charge in [0.1, 0.15) is 19.8 Å². The van der Waals surface area contributed by atoms with Crippen LogP contribution in [0.1, 0.15) is 149 Å². The number of carbonyl (C=O) groups is 2. The van der Waals surface area contributed by atoms with E-state index in [9.17, 15) is 24.2 Å². The Hall–Kier alpha value is -2.59. The fourth-order valence-electron chi connectivity index (χ4n) is 5.38. The van der Waals surface area contributed by atoms with Crippen LogP contribution >= 0.6 is 7.82 Å². The molecule has 0 fully saturated rings. The van der Waals surface area contributed by atoms with Gasteiger partial charge in [0, 0.05) is 12.8 Å². The van der Waals surface area contributed by atoms with Gasteiger partial charge in [-0.3, -0.25) is 14.2 Å². The number of phosphoric ester groups is 1. The summed E-state index contributed by atoms with van der Waals surface area (Å²) in [7, 11) is 1.07. The lowest BCUT2D eigenvalue weighted by Gasteiger charge is -2.28. The molecule has 0 amide bonds. The maximum atomic E-state index is 12.6. The van der Waals surface area contributed by atoms with Crippen molar-refractivity contribution in [2.75, 3.05) is 47.5 Å². The fraction of sp³-hybridized carbons (Fsp3) is 0.696. The molecule has 0 bridgehead atoms. The number of hydrogen-bond acceptors (Lipinski definition) is 9. The van der Waals surface area contributed by atoms with Gasteiger partial charge in [0.2, 0.25) is 0 Å². The maximum Gasteiger partial charge on any atom is 0.306 e. The molecule has 0 aliphatic heterocycles. The molecule has 0 spiro atoms. The molecule has 0 aliphatic rings. The van der Waals surface area contributed by atoms with Crippen molar-refractivity contribution >= 4 is 19.8 Å². The molecule has 0 saturated heterocycles. The molecule has 11 heteroatoms. The van der Waals surface area contributed by atoms with E-state index in [4.69, 9.17) is 18.5 Å². The largest absolute Gasteiger partial charge is 0.756 e. The number of quaternary nitrogens is 1. The predicted molar refractivity (Wildman–Crippen MR) is 232 cm³/mol. The maximum absolute atomic E-state index is 12.6. The van der Waals surface area contributed by atoms with Crippen molar-refractivity contribution < 1.29 is 47.2 Å². The van der Waals surface area contributed by atoms with E-state index in [1.54, 1.807) is 6.08 Å². The molecule has 10 nitrogen and oxygen atoms in total. The fourth-order valence-corrected chi connectivity index (χ4v) is 6.11. The molecule has 3 atom stereocenters. The lowest BCUT2D eigenvalue weighted by Crippen LogP contribution is -2.37. The second-order valence-electron chi connectivity index (χ2n) is 15.5. The van der Waals surface area contributed by atoms with Gasteiger partial charge in [-0.15, -0.1) is 0 Å². The van der Waals surface area contributed by atoms with Crippen LogP contribution in [0, 0.1) is 0 Å². The number of ether oxygens (including phenoxy) is 2. The molecule has 0 saturated carbocycles. The molecule has 0 heterocycles. The van der Waals surface area contributed by atoms with Gasteiger partial charge >= 0.3 is 11.9 Å². The first kappa shape index (κ1) is 54.4. The Bertz CT molecular complexity index is 1220. The molecule has 57 heavy (non-hydrogen) atoms. The first-order valence-electron chi connectivity index (χ1n) is 21.8. The van der Waals surface area contributed by atoms with E-state index in [1.165, 1.54) is 38.5 Å². The highest BCUT2D eigenvalue weighted by Crippen LogP contribution is 2.38. The van der Waals surface area contributed by atoms with E-state index in [0.29, 0.717) is 36.7 Å². The zero-order valence-corrected chi connectivity index (χ0v) is 37.3. The van der Waals surface area contributed by atoms with Crippen LogP contribution in [0.2, 0.25) is 0 Å². The van der Waals surface area contributed by atoms with Crippen molar-refractivity contribution in [1.82, 2.24) is 0 Å². The van der Waals surface area contributed by atoms with Gasteiger partial charge in [-0.2, -0.15) is 0 Å². The minimum atomic E-state index is -4.66. The average molecular weight is 822 g/mol. The number of aliphatic hydroxyl groups excluding tert-OH is 1. The number of aliphatic hydroxyl groups is 1. The quantitative estimate of drug-likeness (QED) is 0.0161. The molecular formula is C46H80NO9P. The molecule has 0 aromatic heterocycles. The molecule has 0 aliphatic carbocycles. The van der Waals surface area contributed by atoms with Crippen molar-refractivity contribution in [3.05, 3.63) is 72.9 Å². The highest BCUT2D eigenvalue weighted by atomic mass is 31.2. The summed E-state index contributed by atoms with van der Waals surface area (Å²) in [5, 5.41) is 10.1. The lowest BCUT2D eigenvalue weighted by atomic mass is 10.1. The van der Waals surface area contributed by atoms with Gasteiger partial charge in [0.05, 0.1) is 33.9 Å². The predicted octanol–water partition coefficient (Wildman–Crippen LogP) is 10.6. The van der Waals surface area contributed by atoms with Crippen LogP contribution in [-0.2, 0) is 32.7 Å². The standard InChI is InChI=1S/C46H80NO9P/c1-6-8-10-12-14-15-16-17-18-19-20-21-22-23-25-29-34-38-46(50)56-44(42-55-57(51,52)54-40-39-47(3,4)5)41-53-45(49)37-33-30-26-28-32-36-43(48)35-31-27-24-13-11-9-7-2/h9,11,17-18,20-21,23-25,27,31,35,43-44,48H,6-8,10,12-16,19,22,26,28-30,32-34,36-42H2,1-5H3/b11-9+,18-17-,21-20-,25-23-,27-24+,35-31+/t43?,44-/m1/s1. The van der Waals surface area contributed by atoms with E-state index in [-0.39, 0.29) is 26.1 Å². The van der Waals surface area contributed by atoms with E-state index >= 15 is 0 Å². The number of rotatable bonds is 38. The molecule has 0 aromatic carbocycles. The zero-order chi connectivity index (χ0) is 42.3. The first-order chi connectivity index (χ1) is 27.4. The Morgan fingerprint density at radius 2 is 1.25 bits per heavy atom. The van der Waals surface area contributed by atoms with Crippen molar-refractivity contribution in [2.24, 2.45) is 0 Å². The number of esters is 2. The summed E-state index contributed by atoms with van der Waals surface area (Å²) in [4.78, 5) is 37.5. The third-order valence-corrected chi connectivity index (χ3v) is 9.78. The monoisotopic (exact) mass is 822 g/mol. The van der Waals surface area contributed by atoms with Crippen molar-refractivity contribution in [1.29, 1.82) is 0 Å². The molecule has 328 valence electrons. The van der Waals surface area contributed by atoms with Crippen LogP contribution in [0.15, 0.2) is 72.9 Å². The Kier molecular flexibility index (Phi) is 36.0. The number of nitrogens with zero attached hydrogens (tertiary/aromatic N) is 1. The summed E-state index contributed by atoms with van der Waals surface area (Å²) >= 11 is 0. The van der Waals surface area contributed by atoms with Gasteiger partial charge < -0.3 is 33.0 Å². The van der Waals surface area contributed by atoms with E-state index in [0.717, 1.165) is 57.8 Å². The van der Waals surface area contributed by atoms with E-state index in [2.05, 4.69) is 62.5 Å². The number of phosphoric acid groups is 1. The van der Waals surface area contributed by atoms with E-state index < -0.39 is 38.6 Å². The van der Waals surface area contributed by atoms with Crippen LogP contribution in [0.5, 0.6) is 0 Å². The van der Waals surface area contributed by atoms with Crippen molar-refractivity contribution in [2.45, 2.75) is 161 Å². The summed E-state index contributed by atoms with van der Waals surface area (Å²) in [6, 6.07) is 0. The number of unbranched alkanes of at least 4 members (excludes halogenated alkanes) is 11. The van der Waals surface area contributed by atoms with Crippen molar-refractivity contribution in [3.63, 3.8) is 0 Å². The summed E-state index contributed by atoms with van der Waals surface area (Å²) < 4.78 is 33.7. The summed E-state index contributed by atoms with van der Waals surface area (Å²) in [5.74, 6) is -0.980. The lowest BCUT2D eigenvalue weighted by molar-refractivity contribution is -0.870. The molecule has 0 rings (SSSR count). The van der Waals surface area contributed by atoms with Crippen LogP contribution in [-0.4, -0.2) is 81.2 Å². The third kappa shape index (κ3) is 41.4. The molecule has 1 N–H and O–H groups in total.